The summed E-state index contributed by atoms with van der Waals surface area (Å²) in [5.74, 6) is 0.262. The van der Waals surface area contributed by atoms with Gasteiger partial charge in [-0.2, -0.15) is 13.2 Å². The summed E-state index contributed by atoms with van der Waals surface area (Å²) in [5, 5.41) is 0. The second-order valence-electron chi connectivity index (χ2n) is 4.60. The molecule has 0 fully saturated rings. The minimum absolute atomic E-state index is 0.217. The fraction of sp³-hybridized carbons (Fsp3) is 0.286. The Labute approximate surface area is 114 Å². The highest BCUT2D eigenvalue weighted by molar-refractivity contribution is 5.56. The summed E-state index contributed by atoms with van der Waals surface area (Å²) in [6, 6.07) is 4.74. The zero-order valence-corrected chi connectivity index (χ0v) is 11.1. The van der Waals surface area contributed by atoms with Crippen molar-refractivity contribution in [1.82, 2.24) is 9.97 Å². The first-order valence-electron chi connectivity index (χ1n) is 6.06. The van der Waals surface area contributed by atoms with Gasteiger partial charge in [0.1, 0.15) is 0 Å². The van der Waals surface area contributed by atoms with Crippen LogP contribution in [0.5, 0.6) is 0 Å². The van der Waals surface area contributed by atoms with Crippen LogP contribution >= 0.6 is 0 Å². The number of rotatable bonds is 2. The van der Waals surface area contributed by atoms with Crippen molar-refractivity contribution in [2.75, 3.05) is 0 Å². The molecule has 0 saturated heterocycles. The Morgan fingerprint density at radius 2 is 1.95 bits per heavy atom. The van der Waals surface area contributed by atoms with E-state index < -0.39 is 11.7 Å². The Morgan fingerprint density at radius 3 is 2.50 bits per heavy atom. The van der Waals surface area contributed by atoms with Crippen LogP contribution in [0.2, 0.25) is 0 Å². The van der Waals surface area contributed by atoms with Gasteiger partial charge in [-0.25, -0.2) is 9.97 Å². The van der Waals surface area contributed by atoms with Gasteiger partial charge in [0.2, 0.25) is 0 Å². The minimum Gasteiger partial charge on any atom is -0.324 e. The maximum absolute atomic E-state index is 12.7. The smallest absolute Gasteiger partial charge is 0.324 e. The van der Waals surface area contributed by atoms with E-state index in [9.17, 15) is 13.2 Å². The van der Waals surface area contributed by atoms with E-state index in [-0.39, 0.29) is 11.9 Å². The molecule has 1 atom stereocenters. The molecule has 0 bridgehead atoms. The van der Waals surface area contributed by atoms with Gasteiger partial charge in [-0.05, 0) is 26.0 Å². The molecule has 0 unspecified atom stereocenters. The number of hydrogen-bond donors (Lipinski definition) is 1. The lowest BCUT2D eigenvalue weighted by molar-refractivity contribution is -0.137. The third-order valence-electron chi connectivity index (χ3n) is 2.96. The van der Waals surface area contributed by atoms with Gasteiger partial charge in [0, 0.05) is 29.1 Å². The predicted molar refractivity (Wildman–Crippen MR) is 69.8 cm³/mol. The zero-order valence-electron chi connectivity index (χ0n) is 11.1. The maximum Gasteiger partial charge on any atom is 0.416 e. The molecule has 0 aliphatic heterocycles. The Kier molecular flexibility index (Phi) is 3.76. The lowest BCUT2D eigenvalue weighted by Gasteiger charge is -2.11. The largest absolute Gasteiger partial charge is 0.416 e. The Morgan fingerprint density at radius 1 is 1.25 bits per heavy atom. The van der Waals surface area contributed by atoms with E-state index in [1.165, 1.54) is 6.07 Å². The fourth-order valence-electron chi connectivity index (χ4n) is 1.90. The highest BCUT2D eigenvalue weighted by atomic mass is 19.4. The van der Waals surface area contributed by atoms with E-state index in [1.807, 2.05) is 0 Å². The number of hydrogen-bond acceptors (Lipinski definition) is 3. The van der Waals surface area contributed by atoms with Crippen LogP contribution in [-0.4, -0.2) is 9.97 Å². The molecule has 1 aromatic heterocycles. The van der Waals surface area contributed by atoms with Gasteiger partial charge in [0.05, 0.1) is 5.56 Å². The van der Waals surface area contributed by atoms with Gasteiger partial charge < -0.3 is 5.73 Å². The monoisotopic (exact) mass is 281 g/mol. The van der Waals surface area contributed by atoms with Crippen molar-refractivity contribution < 1.29 is 13.2 Å². The van der Waals surface area contributed by atoms with Crippen molar-refractivity contribution in [2.45, 2.75) is 26.1 Å². The van der Waals surface area contributed by atoms with Crippen LogP contribution in [0, 0.1) is 6.92 Å². The molecule has 0 aliphatic rings. The number of aryl methyl sites for hydroxylation is 1. The van der Waals surface area contributed by atoms with Gasteiger partial charge >= 0.3 is 6.18 Å². The molecule has 0 radical (unpaired) electrons. The topological polar surface area (TPSA) is 51.8 Å². The number of benzene rings is 1. The molecule has 1 heterocycles. The quantitative estimate of drug-likeness (QED) is 0.916. The van der Waals surface area contributed by atoms with Crippen LogP contribution in [-0.2, 0) is 6.18 Å². The van der Waals surface area contributed by atoms with Crippen LogP contribution in [0.25, 0.3) is 11.4 Å². The number of aromatic nitrogens is 2. The second-order valence-corrected chi connectivity index (χ2v) is 4.60. The van der Waals surface area contributed by atoms with Crippen LogP contribution in [0.4, 0.5) is 13.2 Å². The Hall–Kier alpha value is -1.95. The highest BCUT2D eigenvalue weighted by Crippen LogP contribution is 2.31. The van der Waals surface area contributed by atoms with Crippen LogP contribution < -0.4 is 5.73 Å². The summed E-state index contributed by atoms with van der Waals surface area (Å²) in [4.78, 5) is 8.33. The van der Waals surface area contributed by atoms with E-state index in [4.69, 9.17) is 5.73 Å². The average molecular weight is 281 g/mol. The van der Waals surface area contributed by atoms with Crippen LogP contribution in [0.15, 0.2) is 30.5 Å². The van der Waals surface area contributed by atoms with E-state index in [0.29, 0.717) is 11.3 Å². The van der Waals surface area contributed by atoms with E-state index >= 15 is 0 Å². The van der Waals surface area contributed by atoms with Crippen molar-refractivity contribution in [2.24, 2.45) is 5.73 Å². The molecule has 20 heavy (non-hydrogen) atoms. The fourth-order valence-corrected chi connectivity index (χ4v) is 1.90. The molecular weight excluding hydrogens is 267 g/mol. The molecule has 2 N–H and O–H groups in total. The van der Waals surface area contributed by atoms with Crippen molar-refractivity contribution in [3.63, 3.8) is 0 Å². The van der Waals surface area contributed by atoms with Gasteiger partial charge in [0.25, 0.3) is 0 Å². The molecule has 106 valence electrons. The molecule has 0 spiro atoms. The summed E-state index contributed by atoms with van der Waals surface area (Å²) in [6.07, 6.45) is -2.82. The zero-order chi connectivity index (χ0) is 14.9. The Balaban J connectivity index is 2.45. The molecule has 1 aromatic carbocycles. The van der Waals surface area contributed by atoms with Crippen LogP contribution in [0.3, 0.4) is 0 Å². The molecule has 2 rings (SSSR count). The van der Waals surface area contributed by atoms with Gasteiger partial charge in [-0.1, -0.05) is 12.1 Å². The first kappa shape index (κ1) is 14.5. The molecule has 3 nitrogen and oxygen atoms in total. The first-order valence-corrected chi connectivity index (χ1v) is 6.06. The number of halogens is 3. The maximum atomic E-state index is 12.7. The molecule has 2 aromatic rings. The van der Waals surface area contributed by atoms with Crippen molar-refractivity contribution in [1.29, 1.82) is 0 Å². The minimum atomic E-state index is -4.38. The molecule has 0 saturated carbocycles. The normalized spacial score (nSPS) is 13.3. The summed E-state index contributed by atoms with van der Waals surface area (Å²) in [5.41, 5.74) is 6.82. The lowest BCUT2D eigenvalue weighted by Crippen LogP contribution is -2.09. The standard InChI is InChI=1S/C14H14F3N3/c1-8(18)12-7-19-13(20-9(12)2)10-4-3-5-11(6-10)14(15,16)17/h3-8H,18H2,1-2H3/t8-/m1/s1. The highest BCUT2D eigenvalue weighted by Gasteiger charge is 2.30. The average Bonchev–Trinajstić information content (AvgIpc) is 2.37. The number of nitrogens with zero attached hydrogens (tertiary/aromatic N) is 2. The SMILES string of the molecule is Cc1nc(-c2cccc(C(F)(F)F)c2)ncc1[C@@H](C)N. The van der Waals surface area contributed by atoms with Crippen molar-refractivity contribution in [3.8, 4) is 11.4 Å². The van der Waals surface area contributed by atoms with E-state index in [2.05, 4.69) is 9.97 Å². The summed E-state index contributed by atoms with van der Waals surface area (Å²) in [6.45, 7) is 3.56. The van der Waals surface area contributed by atoms with Crippen LogP contribution in [0.1, 0.15) is 29.8 Å². The molecular formula is C14H14F3N3. The summed E-state index contributed by atoms with van der Waals surface area (Å²) < 4.78 is 38.0. The Bertz CT molecular complexity index is 621. The second kappa shape index (κ2) is 5.20. The molecule has 0 aliphatic carbocycles. The first-order chi connectivity index (χ1) is 9.29. The van der Waals surface area contributed by atoms with E-state index in [1.54, 1.807) is 26.1 Å². The number of alkyl halides is 3. The van der Waals surface area contributed by atoms with Gasteiger partial charge in [-0.15, -0.1) is 0 Å². The third-order valence-corrected chi connectivity index (χ3v) is 2.96. The summed E-state index contributed by atoms with van der Waals surface area (Å²) in [7, 11) is 0. The van der Waals surface area contributed by atoms with E-state index in [0.717, 1.165) is 17.7 Å². The third kappa shape index (κ3) is 2.96. The lowest BCUT2D eigenvalue weighted by atomic mass is 10.1. The number of nitrogens with two attached hydrogens (primary N) is 1. The van der Waals surface area contributed by atoms with Crippen molar-refractivity contribution >= 4 is 0 Å². The summed E-state index contributed by atoms with van der Waals surface area (Å²) >= 11 is 0. The van der Waals surface area contributed by atoms with Crippen molar-refractivity contribution in [3.05, 3.63) is 47.3 Å². The van der Waals surface area contributed by atoms with Gasteiger partial charge in [0.15, 0.2) is 5.82 Å². The predicted octanol–water partition coefficient (Wildman–Crippen LogP) is 3.49. The van der Waals surface area contributed by atoms with Gasteiger partial charge in [-0.3, -0.25) is 0 Å². The molecule has 0 amide bonds. The molecule has 6 heteroatoms.